The van der Waals surface area contributed by atoms with Crippen molar-refractivity contribution in [3.8, 4) is 17.6 Å². The molecule has 1 heterocycles. The molecule has 1 N–H and O–H groups in total. The summed E-state index contributed by atoms with van der Waals surface area (Å²) in [4.78, 5) is 12.1. The Kier molecular flexibility index (Phi) is 5.42. The van der Waals surface area contributed by atoms with Gasteiger partial charge in [-0.2, -0.15) is 5.26 Å². The van der Waals surface area contributed by atoms with Gasteiger partial charge in [0.2, 0.25) is 0 Å². The Bertz CT molecular complexity index is 742. The molecule has 0 fully saturated rings. The molecule has 0 unspecified atom stereocenters. The SMILES string of the molecule is COc1ccc(C=C(C#N)C(=O)NCc2ccco2)cc1OC. The first-order valence-electron chi connectivity index (χ1n) is 6.82. The van der Waals surface area contributed by atoms with E-state index in [0.29, 0.717) is 22.8 Å². The lowest BCUT2D eigenvalue weighted by Crippen LogP contribution is -2.23. The second kappa shape index (κ2) is 7.71. The second-order valence-electron chi connectivity index (χ2n) is 4.55. The molecule has 1 aromatic heterocycles. The van der Waals surface area contributed by atoms with E-state index < -0.39 is 5.91 Å². The van der Waals surface area contributed by atoms with Crippen molar-refractivity contribution in [1.29, 1.82) is 5.26 Å². The molecule has 2 aromatic rings. The third-order valence-electron chi connectivity index (χ3n) is 3.09. The standard InChI is InChI=1S/C17H16N2O4/c1-21-15-6-5-12(9-16(15)22-2)8-13(10-18)17(20)19-11-14-4-3-7-23-14/h3-9H,11H2,1-2H3,(H,19,20). The number of ether oxygens (including phenoxy) is 2. The minimum Gasteiger partial charge on any atom is -0.493 e. The molecule has 0 radical (unpaired) electrons. The Labute approximate surface area is 133 Å². The fraction of sp³-hybridized carbons (Fsp3) is 0.176. The Balaban J connectivity index is 2.14. The largest absolute Gasteiger partial charge is 0.493 e. The van der Waals surface area contributed by atoms with Crippen LogP contribution < -0.4 is 14.8 Å². The number of amides is 1. The summed E-state index contributed by atoms with van der Waals surface area (Å²) in [5.41, 5.74) is 0.649. The van der Waals surface area contributed by atoms with Gasteiger partial charge in [0, 0.05) is 0 Å². The number of rotatable bonds is 6. The van der Waals surface area contributed by atoms with Crippen LogP contribution in [0.1, 0.15) is 11.3 Å². The first-order chi connectivity index (χ1) is 11.2. The molecule has 6 nitrogen and oxygen atoms in total. The Morgan fingerprint density at radius 3 is 2.70 bits per heavy atom. The Morgan fingerprint density at radius 2 is 2.09 bits per heavy atom. The highest BCUT2D eigenvalue weighted by Gasteiger charge is 2.10. The van der Waals surface area contributed by atoms with Crippen molar-refractivity contribution < 1.29 is 18.7 Å². The van der Waals surface area contributed by atoms with Gasteiger partial charge >= 0.3 is 0 Å². The van der Waals surface area contributed by atoms with Gasteiger partial charge in [-0.25, -0.2) is 0 Å². The number of nitriles is 1. The van der Waals surface area contributed by atoms with Crippen molar-refractivity contribution >= 4 is 12.0 Å². The molecule has 0 aliphatic carbocycles. The lowest BCUT2D eigenvalue weighted by molar-refractivity contribution is -0.117. The van der Waals surface area contributed by atoms with Crippen LogP contribution in [-0.2, 0) is 11.3 Å². The van der Waals surface area contributed by atoms with Gasteiger partial charge in [-0.15, -0.1) is 0 Å². The predicted molar refractivity (Wildman–Crippen MR) is 83.7 cm³/mol. The minimum atomic E-state index is -0.473. The van der Waals surface area contributed by atoms with Crippen LogP contribution in [-0.4, -0.2) is 20.1 Å². The van der Waals surface area contributed by atoms with Gasteiger partial charge in [0.15, 0.2) is 11.5 Å². The second-order valence-corrected chi connectivity index (χ2v) is 4.55. The van der Waals surface area contributed by atoms with Crippen LogP contribution in [0.3, 0.4) is 0 Å². The Morgan fingerprint density at radius 1 is 1.30 bits per heavy atom. The van der Waals surface area contributed by atoms with Crippen LogP contribution in [0.2, 0.25) is 0 Å². The molecule has 0 aliphatic heterocycles. The molecular formula is C17H16N2O4. The van der Waals surface area contributed by atoms with Crippen LogP contribution in [0.15, 0.2) is 46.6 Å². The summed E-state index contributed by atoms with van der Waals surface area (Å²) in [6.07, 6.45) is 3.01. The highest BCUT2D eigenvalue weighted by atomic mass is 16.5. The van der Waals surface area contributed by atoms with Gasteiger partial charge in [-0.3, -0.25) is 4.79 Å². The monoisotopic (exact) mass is 312 g/mol. The molecular weight excluding hydrogens is 296 g/mol. The highest BCUT2D eigenvalue weighted by Crippen LogP contribution is 2.28. The van der Waals surface area contributed by atoms with Gasteiger partial charge in [-0.05, 0) is 35.9 Å². The van der Waals surface area contributed by atoms with Crippen molar-refractivity contribution in [1.82, 2.24) is 5.32 Å². The van der Waals surface area contributed by atoms with Crippen LogP contribution in [0.25, 0.3) is 6.08 Å². The minimum absolute atomic E-state index is 0.0104. The van der Waals surface area contributed by atoms with E-state index in [2.05, 4.69) is 5.32 Å². The first kappa shape index (κ1) is 16.2. The van der Waals surface area contributed by atoms with Crippen molar-refractivity contribution in [2.24, 2.45) is 0 Å². The van der Waals surface area contributed by atoms with E-state index in [1.54, 1.807) is 30.3 Å². The van der Waals surface area contributed by atoms with E-state index in [9.17, 15) is 10.1 Å². The quantitative estimate of drug-likeness (QED) is 0.654. The number of hydrogen-bond acceptors (Lipinski definition) is 5. The molecule has 2 rings (SSSR count). The molecule has 6 heteroatoms. The van der Waals surface area contributed by atoms with Gasteiger partial charge in [-0.1, -0.05) is 6.07 Å². The Hall–Kier alpha value is -3.20. The van der Waals surface area contributed by atoms with Crippen LogP contribution in [0.5, 0.6) is 11.5 Å². The molecule has 1 aromatic carbocycles. The number of hydrogen-bond donors (Lipinski definition) is 1. The maximum atomic E-state index is 12.1. The molecule has 0 spiro atoms. The van der Waals surface area contributed by atoms with Crippen molar-refractivity contribution in [3.05, 3.63) is 53.5 Å². The summed E-state index contributed by atoms with van der Waals surface area (Å²) in [5.74, 6) is 1.24. The molecule has 0 atom stereocenters. The summed E-state index contributed by atoms with van der Waals surface area (Å²) in [6, 6.07) is 10.5. The summed E-state index contributed by atoms with van der Waals surface area (Å²) >= 11 is 0. The van der Waals surface area contributed by atoms with E-state index in [1.807, 2.05) is 6.07 Å². The van der Waals surface area contributed by atoms with E-state index in [4.69, 9.17) is 13.9 Å². The highest BCUT2D eigenvalue weighted by molar-refractivity contribution is 6.01. The van der Waals surface area contributed by atoms with Crippen molar-refractivity contribution in [3.63, 3.8) is 0 Å². The van der Waals surface area contributed by atoms with Crippen LogP contribution in [0.4, 0.5) is 0 Å². The average Bonchev–Trinajstić information content (AvgIpc) is 3.10. The van der Waals surface area contributed by atoms with Crippen LogP contribution >= 0.6 is 0 Å². The predicted octanol–water partition coefficient (Wildman–Crippen LogP) is 2.52. The topological polar surface area (TPSA) is 84.5 Å². The number of methoxy groups -OCH3 is 2. The number of nitrogens with one attached hydrogen (secondary N) is 1. The van der Waals surface area contributed by atoms with Crippen molar-refractivity contribution in [2.75, 3.05) is 14.2 Å². The van der Waals surface area contributed by atoms with Gasteiger partial charge < -0.3 is 19.2 Å². The van der Waals surface area contributed by atoms with E-state index >= 15 is 0 Å². The van der Waals surface area contributed by atoms with E-state index in [-0.39, 0.29) is 12.1 Å². The number of carbonyl (C=O) groups is 1. The summed E-state index contributed by atoms with van der Waals surface area (Å²) in [6.45, 7) is 0.219. The zero-order valence-electron chi connectivity index (χ0n) is 12.8. The first-order valence-corrected chi connectivity index (χ1v) is 6.82. The smallest absolute Gasteiger partial charge is 0.262 e. The van der Waals surface area contributed by atoms with Gasteiger partial charge in [0.1, 0.15) is 17.4 Å². The van der Waals surface area contributed by atoms with E-state index in [1.165, 1.54) is 26.6 Å². The molecule has 0 saturated heterocycles. The number of furan rings is 1. The molecule has 0 saturated carbocycles. The molecule has 0 aliphatic rings. The maximum Gasteiger partial charge on any atom is 0.262 e. The van der Waals surface area contributed by atoms with Gasteiger partial charge in [0.05, 0.1) is 27.0 Å². The third kappa shape index (κ3) is 4.14. The fourth-order valence-corrected chi connectivity index (χ4v) is 1.93. The number of benzene rings is 1. The third-order valence-corrected chi connectivity index (χ3v) is 3.09. The zero-order valence-corrected chi connectivity index (χ0v) is 12.8. The van der Waals surface area contributed by atoms with Crippen LogP contribution in [0, 0.1) is 11.3 Å². The molecule has 1 amide bonds. The molecule has 23 heavy (non-hydrogen) atoms. The van der Waals surface area contributed by atoms with Crippen molar-refractivity contribution in [2.45, 2.75) is 6.54 Å². The summed E-state index contributed by atoms with van der Waals surface area (Å²) in [7, 11) is 3.06. The molecule has 0 bridgehead atoms. The van der Waals surface area contributed by atoms with E-state index in [0.717, 1.165) is 0 Å². The number of carbonyl (C=O) groups excluding carboxylic acids is 1. The lowest BCUT2D eigenvalue weighted by Gasteiger charge is -2.08. The summed E-state index contributed by atoms with van der Waals surface area (Å²) < 4.78 is 15.5. The zero-order chi connectivity index (χ0) is 16.7. The summed E-state index contributed by atoms with van der Waals surface area (Å²) in [5, 5.41) is 11.8. The average molecular weight is 312 g/mol. The lowest BCUT2D eigenvalue weighted by atomic mass is 10.1. The number of nitrogens with zero attached hydrogens (tertiary/aromatic N) is 1. The fourth-order valence-electron chi connectivity index (χ4n) is 1.93. The molecule has 118 valence electrons. The van der Waals surface area contributed by atoms with Gasteiger partial charge in [0.25, 0.3) is 5.91 Å². The maximum absolute atomic E-state index is 12.1. The normalized spacial score (nSPS) is 10.7.